The zero-order valence-corrected chi connectivity index (χ0v) is 18.8. The van der Waals surface area contributed by atoms with Gasteiger partial charge in [-0.1, -0.05) is 54.6 Å². The molecule has 0 saturated heterocycles. The van der Waals surface area contributed by atoms with Crippen LogP contribution in [-0.2, 0) is 6.61 Å². The highest BCUT2D eigenvalue weighted by atomic mass is 79.9. The van der Waals surface area contributed by atoms with Crippen molar-refractivity contribution in [1.82, 2.24) is 16.2 Å². The van der Waals surface area contributed by atoms with Crippen LogP contribution in [0.25, 0.3) is 0 Å². The number of hydrogen-bond donors (Lipinski definition) is 3. The number of carbonyl (C=O) groups excluding carboxylic acids is 1. The first kappa shape index (κ1) is 21.8. The minimum absolute atomic E-state index is 0.0147. The maximum atomic E-state index is 12.5. The molecule has 0 unspecified atom stereocenters. The smallest absolute Gasteiger partial charge is 0.269 e. The third-order valence-electron chi connectivity index (χ3n) is 4.36. The molecule has 3 rings (SSSR count). The predicted octanol–water partition coefficient (Wildman–Crippen LogP) is 4.90. The molecule has 0 heterocycles. The fraction of sp³-hybridized carbons (Fsp3) is 0.130. The van der Waals surface area contributed by atoms with E-state index in [0.717, 1.165) is 21.3 Å². The Hall–Kier alpha value is -2.90. The maximum Gasteiger partial charge on any atom is 0.269 e. The molecule has 7 heteroatoms. The second-order valence-electron chi connectivity index (χ2n) is 6.60. The number of halogens is 1. The van der Waals surface area contributed by atoms with Gasteiger partial charge in [0.25, 0.3) is 5.91 Å². The standard InChI is InChI=1S/C23H22BrN3O2S/c1-16(18-9-3-2-4-10-18)25-23(30)27-26-22(28)19-11-7-8-17(14-19)15-29-21-13-6-5-12-20(21)24/h2-14,16H,15H2,1H3,(H,26,28)(H2,25,27,30)/t16-/m1/s1. The molecule has 1 amide bonds. The molecule has 0 bridgehead atoms. The summed E-state index contributed by atoms with van der Waals surface area (Å²) >= 11 is 8.73. The van der Waals surface area contributed by atoms with Gasteiger partial charge in [-0.15, -0.1) is 0 Å². The van der Waals surface area contributed by atoms with E-state index in [4.69, 9.17) is 17.0 Å². The van der Waals surface area contributed by atoms with Crippen molar-refractivity contribution < 1.29 is 9.53 Å². The molecule has 0 saturated carbocycles. The molecule has 0 aliphatic carbocycles. The number of rotatable bonds is 6. The Labute approximate surface area is 189 Å². The molecule has 0 spiro atoms. The summed E-state index contributed by atoms with van der Waals surface area (Å²) in [6, 6.07) is 24.8. The molecular weight excluding hydrogens is 462 g/mol. The van der Waals surface area contributed by atoms with E-state index in [1.807, 2.05) is 73.7 Å². The molecule has 0 aromatic heterocycles. The number of hydrogen-bond acceptors (Lipinski definition) is 3. The monoisotopic (exact) mass is 483 g/mol. The number of nitrogens with one attached hydrogen (secondary N) is 3. The van der Waals surface area contributed by atoms with Crippen LogP contribution in [-0.4, -0.2) is 11.0 Å². The van der Waals surface area contributed by atoms with E-state index in [2.05, 4.69) is 32.1 Å². The van der Waals surface area contributed by atoms with Crippen LogP contribution in [0.5, 0.6) is 5.75 Å². The SMILES string of the molecule is C[C@@H](NC(=S)NNC(=O)c1cccc(COc2ccccc2Br)c1)c1ccccc1. The van der Waals surface area contributed by atoms with E-state index >= 15 is 0 Å². The van der Waals surface area contributed by atoms with Crippen molar-refractivity contribution >= 4 is 39.2 Å². The Morgan fingerprint density at radius 1 is 1.00 bits per heavy atom. The van der Waals surface area contributed by atoms with Crippen LogP contribution >= 0.6 is 28.1 Å². The number of carbonyl (C=O) groups is 1. The summed E-state index contributed by atoms with van der Waals surface area (Å²) in [5, 5.41) is 3.48. The molecular formula is C23H22BrN3O2S. The Kier molecular flexibility index (Phi) is 7.82. The van der Waals surface area contributed by atoms with Gasteiger partial charge in [0.1, 0.15) is 12.4 Å². The van der Waals surface area contributed by atoms with Crippen LogP contribution in [0.2, 0.25) is 0 Å². The fourth-order valence-corrected chi connectivity index (χ4v) is 3.40. The van der Waals surface area contributed by atoms with Gasteiger partial charge in [-0.05, 0) is 70.5 Å². The third-order valence-corrected chi connectivity index (χ3v) is 5.23. The van der Waals surface area contributed by atoms with Gasteiger partial charge in [-0.3, -0.25) is 15.6 Å². The van der Waals surface area contributed by atoms with Crippen LogP contribution in [0.1, 0.15) is 34.5 Å². The second-order valence-corrected chi connectivity index (χ2v) is 7.87. The molecule has 5 nitrogen and oxygen atoms in total. The predicted molar refractivity (Wildman–Crippen MR) is 126 cm³/mol. The highest BCUT2D eigenvalue weighted by Gasteiger charge is 2.10. The third kappa shape index (κ3) is 6.30. The Bertz CT molecular complexity index is 1010. The average Bonchev–Trinajstić information content (AvgIpc) is 2.77. The summed E-state index contributed by atoms with van der Waals surface area (Å²) in [6.07, 6.45) is 0. The van der Waals surface area contributed by atoms with Crippen molar-refractivity contribution in [3.63, 3.8) is 0 Å². The average molecular weight is 484 g/mol. The Balaban J connectivity index is 1.51. The molecule has 0 fully saturated rings. The van der Waals surface area contributed by atoms with Crippen molar-refractivity contribution in [2.45, 2.75) is 19.6 Å². The van der Waals surface area contributed by atoms with Crippen LogP contribution in [0.4, 0.5) is 0 Å². The molecule has 1 atom stereocenters. The molecule has 3 N–H and O–H groups in total. The van der Waals surface area contributed by atoms with Gasteiger partial charge in [-0.2, -0.15) is 0 Å². The van der Waals surface area contributed by atoms with Gasteiger partial charge in [0.15, 0.2) is 5.11 Å². The topological polar surface area (TPSA) is 62.4 Å². The summed E-state index contributed by atoms with van der Waals surface area (Å²) in [7, 11) is 0. The van der Waals surface area contributed by atoms with Crippen molar-refractivity contribution in [3.05, 3.63) is 100 Å². The lowest BCUT2D eigenvalue weighted by Gasteiger charge is -2.17. The minimum atomic E-state index is -0.283. The van der Waals surface area contributed by atoms with E-state index < -0.39 is 0 Å². The lowest BCUT2D eigenvalue weighted by molar-refractivity contribution is 0.0943. The van der Waals surface area contributed by atoms with Crippen molar-refractivity contribution in [1.29, 1.82) is 0 Å². The van der Waals surface area contributed by atoms with Gasteiger partial charge >= 0.3 is 0 Å². The van der Waals surface area contributed by atoms with Crippen LogP contribution in [0.3, 0.4) is 0 Å². The Morgan fingerprint density at radius 2 is 1.73 bits per heavy atom. The highest BCUT2D eigenvalue weighted by molar-refractivity contribution is 9.10. The van der Waals surface area contributed by atoms with Gasteiger partial charge in [0.05, 0.1) is 10.5 Å². The number of amides is 1. The van der Waals surface area contributed by atoms with E-state index in [1.54, 1.807) is 12.1 Å². The van der Waals surface area contributed by atoms with Crippen molar-refractivity contribution in [2.75, 3.05) is 0 Å². The Morgan fingerprint density at radius 3 is 2.50 bits per heavy atom. The molecule has 0 aliphatic rings. The van der Waals surface area contributed by atoms with Gasteiger partial charge in [0, 0.05) is 5.56 Å². The molecule has 0 aliphatic heterocycles. The quantitative estimate of drug-likeness (QED) is 0.343. The van der Waals surface area contributed by atoms with Crippen LogP contribution in [0.15, 0.2) is 83.3 Å². The van der Waals surface area contributed by atoms with E-state index in [1.165, 1.54) is 0 Å². The first-order valence-corrected chi connectivity index (χ1v) is 10.6. The highest BCUT2D eigenvalue weighted by Crippen LogP contribution is 2.24. The lowest BCUT2D eigenvalue weighted by atomic mass is 10.1. The van der Waals surface area contributed by atoms with Gasteiger partial charge in [-0.25, -0.2) is 0 Å². The molecule has 3 aromatic carbocycles. The maximum absolute atomic E-state index is 12.5. The molecule has 3 aromatic rings. The molecule has 154 valence electrons. The largest absolute Gasteiger partial charge is 0.488 e. The normalized spacial score (nSPS) is 11.3. The summed E-state index contributed by atoms with van der Waals surface area (Å²) in [6.45, 7) is 2.35. The first-order chi connectivity index (χ1) is 14.5. The zero-order chi connectivity index (χ0) is 21.3. The first-order valence-electron chi connectivity index (χ1n) is 9.41. The van der Waals surface area contributed by atoms with E-state index in [9.17, 15) is 4.79 Å². The van der Waals surface area contributed by atoms with Gasteiger partial charge < -0.3 is 10.1 Å². The van der Waals surface area contributed by atoms with Gasteiger partial charge in [0.2, 0.25) is 0 Å². The second kappa shape index (κ2) is 10.8. The summed E-state index contributed by atoms with van der Waals surface area (Å²) in [4.78, 5) is 12.5. The molecule has 0 radical (unpaired) electrons. The van der Waals surface area contributed by atoms with Crippen molar-refractivity contribution in [2.24, 2.45) is 0 Å². The molecule has 30 heavy (non-hydrogen) atoms. The van der Waals surface area contributed by atoms with Crippen LogP contribution in [0, 0.1) is 0 Å². The summed E-state index contributed by atoms with van der Waals surface area (Å²) < 4.78 is 6.70. The number of thiocarbonyl (C=S) groups is 1. The van der Waals surface area contributed by atoms with Crippen molar-refractivity contribution in [3.8, 4) is 5.75 Å². The van der Waals surface area contributed by atoms with E-state index in [-0.39, 0.29) is 11.9 Å². The number of ether oxygens (including phenoxy) is 1. The van der Waals surface area contributed by atoms with E-state index in [0.29, 0.717) is 17.3 Å². The summed E-state index contributed by atoms with van der Waals surface area (Å²) in [5.74, 6) is 0.465. The zero-order valence-electron chi connectivity index (χ0n) is 16.4. The number of benzene rings is 3. The number of hydrazine groups is 1. The summed E-state index contributed by atoms with van der Waals surface area (Å²) in [5.41, 5.74) is 7.87. The van der Waals surface area contributed by atoms with Crippen LogP contribution < -0.4 is 20.9 Å². The minimum Gasteiger partial charge on any atom is -0.488 e. The lowest BCUT2D eigenvalue weighted by Crippen LogP contribution is -2.47. The fourth-order valence-electron chi connectivity index (χ4n) is 2.77. The number of para-hydroxylation sites is 1.